The lowest BCUT2D eigenvalue weighted by molar-refractivity contribution is -0.126. The molecule has 2 aromatic rings. The molecule has 0 aliphatic heterocycles. The van der Waals surface area contributed by atoms with Gasteiger partial charge in [0, 0.05) is 5.92 Å². The number of nitrogens with one attached hydrogen (secondary N) is 1. The predicted molar refractivity (Wildman–Crippen MR) is 97.5 cm³/mol. The number of carbonyl (C=O) groups excluding carboxylic acids is 1. The molecule has 1 saturated carbocycles. The van der Waals surface area contributed by atoms with Crippen LogP contribution in [-0.2, 0) is 4.79 Å². The number of nitrogens with two attached hydrogens (primary N) is 1. The number of benzene rings is 2. The molecule has 0 bridgehead atoms. The molecule has 3 atom stereocenters. The molecule has 1 unspecified atom stereocenters. The molecule has 3 N–H and O–H groups in total. The van der Waals surface area contributed by atoms with E-state index >= 15 is 0 Å². The van der Waals surface area contributed by atoms with Gasteiger partial charge in [-0.2, -0.15) is 0 Å². The highest BCUT2D eigenvalue weighted by molar-refractivity contribution is 5.80. The molecule has 0 spiro atoms. The molecule has 3 heteroatoms. The van der Waals surface area contributed by atoms with Crippen molar-refractivity contribution >= 4 is 5.91 Å². The molecule has 1 aliphatic carbocycles. The number of amides is 1. The Bertz CT molecular complexity index is 666. The van der Waals surface area contributed by atoms with Crippen molar-refractivity contribution in [1.82, 2.24) is 5.32 Å². The molecule has 126 valence electrons. The van der Waals surface area contributed by atoms with Gasteiger partial charge in [-0.05, 0) is 43.4 Å². The summed E-state index contributed by atoms with van der Waals surface area (Å²) in [4.78, 5) is 12.9. The summed E-state index contributed by atoms with van der Waals surface area (Å²) in [5, 5.41) is 3.28. The fourth-order valence-corrected chi connectivity index (χ4v) is 3.68. The summed E-state index contributed by atoms with van der Waals surface area (Å²) in [6, 6.07) is 18.4. The zero-order valence-corrected chi connectivity index (χ0v) is 14.2. The van der Waals surface area contributed by atoms with E-state index in [2.05, 4.69) is 48.6 Å². The van der Waals surface area contributed by atoms with Gasteiger partial charge in [-0.3, -0.25) is 4.79 Å². The van der Waals surface area contributed by atoms with Gasteiger partial charge in [-0.15, -0.1) is 0 Å². The lowest BCUT2D eigenvalue weighted by Crippen LogP contribution is -2.37. The van der Waals surface area contributed by atoms with Crippen LogP contribution in [0.25, 0.3) is 0 Å². The van der Waals surface area contributed by atoms with E-state index in [9.17, 15) is 4.79 Å². The first-order valence-corrected chi connectivity index (χ1v) is 8.81. The van der Waals surface area contributed by atoms with E-state index in [1.54, 1.807) is 0 Å². The summed E-state index contributed by atoms with van der Waals surface area (Å²) in [6.07, 6.45) is 3.11. The van der Waals surface area contributed by atoms with Crippen LogP contribution in [0.15, 0.2) is 54.6 Å². The van der Waals surface area contributed by atoms with Gasteiger partial charge in [0.15, 0.2) is 0 Å². The van der Waals surface area contributed by atoms with Crippen molar-refractivity contribution in [3.05, 3.63) is 71.3 Å². The Kier molecular flexibility index (Phi) is 5.31. The van der Waals surface area contributed by atoms with Gasteiger partial charge in [0.2, 0.25) is 5.91 Å². The molecule has 24 heavy (non-hydrogen) atoms. The number of aryl methyl sites for hydroxylation is 1. The van der Waals surface area contributed by atoms with Gasteiger partial charge in [0.05, 0.1) is 6.04 Å². The summed E-state index contributed by atoms with van der Waals surface area (Å²) in [6.45, 7) is 2.67. The molecular formula is C21H26N2O. The van der Waals surface area contributed by atoms with E-state index in [0.29, 0.717) is 12.5 Å². The van der Waals surface area contributed by atoms with Crippen molar-refractivity contribution in [1.29, 1.82) is 0 Å². The minimum Gasteiger partial charge on any atom is -0.345 e. The van der Waals surface area contributed by atoms with Crippen molar-refractivity contribution in [3.63, 3.8) is 0 Å². The topological polar surface area (TPSA) is 55.1 Å². The normalized spacial score (nSPS) is 21.4. The van der Waals surface area contributed by atoms with Crippen LogP contribution >= 0.6 is 0 Å². The van der Waals surface area contributed by atoms with E-state index in [1.165, 1.54) is 5.56 Å². The Morgan fingerprint density at radius 2 is 1.75 bits per heavy atom. The molecule has 3 rings (SSSR count). The largest absolute Gasteiger partial charge is 0.345 e. The smallest absolute Gasteiger partial charge is 0.224 e. The van der Waals surface area contributed by atoms with Crippen LogP contribution in [0.1, 0.15) is 42.0 Å². The summed E-state index contributed by atoms with van der Waals surface area (Å²) in [7, 11) is 0. The van der Waals surface area contributed by atoms with Gasteiger partial charge < -0.3 is 11.1 Å². The molecule has 1 amide bonds. The maximum absolute atomic E-state index is 12.9. The minimum absolute atomic E-state index is 0.0478. The van der Waals surface area contributed by atoms with Gasteiger partial charge >= 0.3 is 0 Å². The standard InChI is InChI=1S/C21H26N2O/c1-15-10-12-17(13-11-15)20(16-6-3-2-4-7-16)23-21(24)19-9-5-8-18(19)14-22/h2-4,6-7,10-13,18-20H,5,8-9,14,22H2,1H3,(H,23,24)/t18-,19-,20?/m1/s1. The SMILES string of the molecule is Cc1ccc(C(NC(=O)[C@@H]2CCC[C@@H]2CN)c2ccccc2)cc1. The molecule has 2 aromatic carbocycles. The third-order valence-electron chi connectivity index (χ3n) is 5.13. The average molecular weight is 322 g/mol. The van der Waals surface area contributed by atoms with E-state index in [1.807, 2.05) is 18.2 Å². The Morgan fingerprint density at radius 1 is 1.08 bits per heavy atom. The molecule has 0 radical (unpaired) electrons. The summed E-state index contributed by atoms with van der Waals surface area (Å²) in [5.74, 6) is 0.503. The van der Waals surface area contributed by atoms with Crippen LogP contribution in [-0.4, -0.2) is 12.5 Å². The molecule has 1 aliphatic rings. The molecule has 0 heterocycles. The quantitative estimate of drug-likeness (QED) is 0.884. The Balaban J connectivity index is 1.85. The second-order valence-corrected chi connectivity index (χ2v) is 6.80. The fourth-order valence-electron chi connectivity index (χ4n) is 3.68. The van der Waals surface area contributed by atoms with Crippen molar-refractivity contribution in [2.45, 2.75) is 32.2 Å². The maximum Gasteiger partial charge on any atom is 0.224 e. The Labute approximate surface area is 144 Å². The van der Waals surface area contributed by atoms with E-state index in [0.717, 1.165) is 30.4 Å². The van der Waals surface area contributed by atoms with Crippen molar-refractivity contribution < 1.29 is 4.79 Å². The van der Waals surface area contributed by atoms with Crippen LogP contribution < -0.4 is 11.1 Å². The van der Waals surface area contributed by atoms with E-state index in [4.69, 9.17) is 5.73 Å². The van der Waals surface area contributed by atoms with Gasteiger partial charge in [-0.1, -0.05) is 66.6 Å². The fraction of sp³-hybridized carbons (Fsp3) is 0.381. The average Bonchev–Trinajstić information content (AvgIpc) is 3.10. The van der Waals surface area contributed by atoms with Crippen molar-refractivity contribution in [2.75, 3.05) is 6.54 Å². The second-order valence-electron chi connectivity index (χ2n) is 6.80. The van der Waals surface area contributed by atoms with Crippen molar-refractivity contribution in [2.24, 2.45) is 17.6 Å². The third-order valence-corrected chi connectivity index (χ3v) is 5.13. The molecule has 0 aromatic heterocycles. The lowest BCUT2D eigenvalue weighted by atomic mass is 9.93. The predicted octanol–water partition coefficient (Wildman–Crippen LogP) is 3.58. The van der Waals surface area contributed by atoms with Gasteiger partial charge in [0.25, 0.3) is 0 Å². The summed E-state index contributed by atoms with van der Waals surface area (Å²) >= 11 is 0. The van der Waals surface area contributed by atoms with Crippen LogP contribution in [0.3, 0.4) is 0 Å². The highest BCUT2D eigenvalue weighted by Gasteiger charge is 2.33. The first-order chi connectivity index (χ1) is 11.7. The Hall–Kier alpha value is -2.13. The first kappa shape index (κ1) is 16.7. The zero-order chi connectivity index (χ0) is 16.9. The maximum atomic E-state index is 12.9. The molecule has 3 nitrogen and oxygen atoms in total. The van der Waals surface area contributed by atoms with Gasteiger partial charge in [0.1, 0.15) is 0 Å². The van der Waals surface area contributed by atoms with Gasteiger partial charge in [-0.25, -0.2) is 0 Å². The zero-order valence-electron chi connectivity index (χ0n) is 14.2. The highest BCUT2D eigenvalue weighted by Crippen LogP contribution is 2.32. The van der Waals surface area contributed by atoms with E-state index < -0.39 is 0 Å². The van der Waals surface area contributed by atoms with E-state index in [-0.39, 0.29) is 17.9 Å². The molecular weight excluding hydrogens is 296 g/mol. The van der Waals surface area contributed by atoms with Crippen LogP contribution in [0.2, 0.25) is 0 Å². The lowest BCUT2D eigenvalue weighted by Gasteiger charge is -2.24. The minimum atomic E-state index is -0.113. The van der Waals surface area contributed by atoms with Crippen LogP contribution in [0, 0.1) is 18.8 Å². The Morgan fingerprint density at radius 3 is 2.42 bits per heavy atom. The van der Waals surface area contributed by atoms with Crippen molar-refractivity contribution in [3.8, 4) is 0 Å². The van der Waals surface area contributed by atoms with Crippen LogP contribution in [0.5, 0.6) is 0 Å². The number of hydrogen-bond acceptors (Lipinski definition) is 2. The van der Waals surface area contributed by atoms with Crippen LogP contribution in [0.4, 0.5) is 0 Å². The molecule has 1 fully saturated rings. The highest BCUT2D eigenvalue weighted by atomic mass is 16.2. The monoisotopic (exact) mass is 322 g/mol. The first-order valence-electron chi connectivity index (χ1n) is 8.81. The third kappa shape index (κ3) is 3.68. The number of carbonyl (C=O) groups is 1. The number of rotatable bonds is 5. The number of hydrogen-bond donors (Lipinski definition) is 2. The summed E-state index contributed by atoms with van der Waals surface area (Å²) in [5.41, 5.74) is 9.29. The molecule has 0 saturated heterocycles. The summed E-state index contributed by atoms with van der Waals surface area (Å²) < 4.78 is 0. The second kappa shape index (κ2) is 7.63.